The van der Waals surface area contributed by atoms with Gasteiger partial charge in [-0.25, -0.2) is 59.8 Å². The molecule has 25 rings (SSSR count). The third kappa shape index (κ3) is 20.8. The molecule has 12 nitrogen and oxygen atoms in total. The van der Waals surface area contributed by atoms with Crippen molar-refractivity contribution in [1.29, 1.82) is 0 Å². The van der Waals surface area contributed by atoms with Crippen LogP contribution in [0, 0.1) is 0 Å². The fraction of sp³-hybridized carbons (Fsp3) is 0. The van der Waals surface area contributed by atoms with Gasteiger partial charge in [0.05, 0.1) is 0 Å². The maximum absolute atomic E-state index is 5.18. The molecule has 704 valence electrons. The van der Waals surface area contributed by atoms with Crippen LogP contribution in [0.4, 0.5) is 0 Å². The van der Waals surface area contributed by atoms with Crippen molar-refractivity contribution in [2.45, 2.75) is 0 Å². The highest BCUT2D eigenvalue weighted by Crippen LogP contribution is 2.41. The minimum absolute atomic E-state index is 0.577. The Labute approximate surface area is 870 Å². The van der Waals surface area contributed by atoms with Gasteiger partial charge in [0.2, 0.25) is 0 Å². The molecule has 4 heterocycles. The summed E-state index contributed by atoms with van der Waals surface area (Å²) in [4.78, 5) is 61.9. The largest absolute Gasteiger partial charge is 0.208 e. The number of hydrogen-bond donors (Lipinski definition) is 0. The Balaban J connectivity index is 0.000000160. The molecule has 0 spiro atoms. The van der Waals surface area contributed by atoms with Crippen LogP contribution in [-0.4, -0.2) is 59.8 Å². The Kier molecular flexibility index (Phi) is 26.2. The van der Waals surface area contributed by atoms with Crippen LogP contribution in [0.2, 0.25) is 0 Å². The summed E-state index contributed by atoms with van der Waals surface area (Å²) in [7, 11) is 0. The van der Waals surface area contributed by atoms with Gasteiger partial charge in [-0.15, -0.1) is 0 Å². The molecule has 150 heavy (non-hydrogen) atoms. The fourth-order valence-corrected chi connectivity index (χ4v) is 18.9. The molecule has 0 saturated heterocycles. The van der Waals surface area contributed by atoms with Crippen molar-refractivity contribution in [3.8, 4) is 259 Å². The van der Waals surface area contributed by atoms with E-state index in [0.717, 1.165) is 189 Å². The molecule has 0 atom stereocenters. The van der Waals surface area contributed by atoms with Crippen molar-refractivity contribution in [3.63, 3.8) is 0 Å². The first-order valence-electron chi connectivity index (χ1n) is 50.1. The fourth-order valence-electron chi connectivity index (χ4n) is 18.9. The lowest BCUT2D eigenvalue weighted by Gasteiger charge is -2.12. The molecular formula is C138H92N12. The third-order valence-corrected chi connectivity index (χ3v) is 26.8. The highest BCUT2D eigenvalue weighted by Gasteiger charge is 2.23. The molecule has 12 heteroatoms. The van der Waals surface area contributed by atoms with Crippen LogP contribution >= 0.6 is 0 Å². The standard InChI is InChI=1S/C72H48N6.C66H44N6/c1-5-18-49(19-6-1)53-36-40-55(41-37-53)67-73-69(63-32-14-26-57(45-63)51-22-9-3-10-23-51)77-71(75-67)65-34-16-30-61(47-65)59-28-13-29-60(44-59)62-31-17-35-66(48-62)72-76-68(56-42-38-54(39-43-56)50-20-7-2-8-21-50)74-70(78-72)64-33-15-27-58(46-64)52-24-11-4-12-25-52;1-5-17-45(18-6-1)49-33-37-51(38-34-49)61-67-63(57-29-13-25-53(41-57)47-21-9-3-10-22-47)71-65(69-61)59-31-15-27-55(43-59)56-28-16-32-60(44-56)66-70-62(52-39-35-50(36-40-52)46-19-7-2-8-20-46)68-64(72-66)58-30-14-26-54(42-58)48-23-11-4-12-24-48/h1-48H;1-44H. The summed E-state index contributed by atoms with van der Waals surface area (Å²) >= 11 is 0. The first kappa shape index (κ1) is 92.1. The quantitative estimate of drug-likeness (QED) is 0.0598. The third-order valence-electron chi connectivity index (χ3n) is 26.8. The molecule has 21 aromatic carbocycles. The first-order valence-corrected chi connectivity index (χ1v) is 50.1. The van der Waals surface area contributed by atoms with Crippen molar-refractivity contribution < 1.29 is 0 Å². The van der Waals surface area contributed by atoms with Gasteiger partial charge in [-0.05, 0) is 177 Å². The number of benzene rings is 21. The lowest BCUT2D eigenvalue weighted by atomic mass is 9.97. The van der Waals surface area contributed by atoms with Gasteiger partial charge in [0.15, 0.2) is 69.9 Å². The molecule has 0 aliphatic rings. The van der Waals surface area contributed by atoms with Gasteiger partial charge in [0, 0.05) is 66.8 Å². The molecule has 0 saturated carbocycles. The van der Waals surface area contributed by atoms with Crippen LogP contribution in [0.1, 0.15) is 0 Å². The van der Waals surface area contributed by atoms with E-state index in [1.165, 1.54) is 0 Å². The summed E-state index contributed by atoms with van der Waals surface area (Å²) in [6, 6.07) is 193. The van der Waals surface area contributed by atoms with E-state index >= 15 is 0 Å². The van der Waals surface area contributed by atoms with Gasteiger partial charge in [-0.3, -0.25) is 0 Å². The van der Waals surface area contributed by atoms with E-state index in [1.54, 1.807) is 0 Å². The van der Waals surface area contributed by atoms with Gasteiger partial charge >= 0.3 is 0 Å². The van der Waals surface area contributed by atoms with Crippen molar-refractivity contribution in [3.05, 3.63) is 558 Å². The molecule has 0 radical (unpaired) electrons. The molecule has 0 aliphatic carbocycles. The van der Waals surface area contributed by atoms with Crippen molar-refractivity contribution in [2.24, 2.45) is 0 Å². The number of rotatable bonds is 23. The molecular weight excluding hydrogens is 1830 g/mol. The Morgan fingerprint density at radius 3 is 0.273 bits per heavy atom. The molecule has 4 aromatic heterocycles. The maximum atomic E-state index is 5.18. The van der Waals surface area contributed by atoms with Crippen LogP contribution < -0.4 is 0 Å². The van der Waals surface area contributed by atoms with Gasteiger partial charge in [0.25, 0.3) is 0 Å². The summed E-state index contributed by atoms with van der Waals surface area (Å²) < 4.78 is 0. The summed E-state index contributed by atoms with van der Waals surface area (Å²) in [5, 5.41) is 0. The van der Waals surface area contributed by atoms with E-state index in [4.69, 9.17) is 59.8 Å². The van der Waals surface area contributed by atoms with E-state index in [0.29, 0.717) is 69.9 Å². The van der Waals surface area contributed by atoms with E-state index in [9.17, 15) is 0 Å². The molecule has 0 unspecified atom stereocenters. The van der Waals surface area contributed by atoms with Gasteiger partial charge in [-0.1, -0.05) is 504 Å². The topological polar surface area (TPSA) is 155 Å². The van der Waals surface area contributed by atoms with Gasteiger partial charge in [-0.2, -0.15) is 0 Å². The molecule has 0 N–H and O–H groups in total. The monoisotopic (exact) mass is 1920 g/mol. The Morgan fingerprint density at radius 2 is 0.140 bits per heavy atom. The average molecular weight is 1920 g/mol. The predicted molar refractivity (Wildman–Crippen MR) is 611 cm³/mol. The SMILES string of the molecule is c1ccc(-c2ccc(-c3nc(-c4cccc(-c5ccccc5)c4)nc(-c4cccc(-c5cccc(-c6cccc(-c7nc(-c8ccc(-c9ccccc9)cc8)nc(-c8cccc(-c9ccccc9)c8)n7)c6)c5)c4)n3)cc2)cc1.c1ccc(-c2ccc(-c3nc(-c4cccc(-c5ccccc5)c4)nc(-c4cccc(-c5cccc(-c6nc(-c7ccc(-c8ccccc8)cc7)nc(-c7cccc(-c8ccccc8)c7)n6)c5)c4)n3)cc2)cc1. The second kappa shape index (κ2) is 42.7. The summed E-state index contributed by atoms with van der Waals surface area (Å²) in [5.41, 5.74) is 34.9. The highest BCUT2D eigenvalue weighted by molar-refractivity contribution is 5.85. The van der Waals surface area contributed by atoms with Crippen LogP contribution in [0.3, 0.4) is 0 Å². The predicted octanol–water partition coefficient (Wildman–Crippen LogP) is 34.5. The van der Waals surface area contributed by atoms with Gasteiger partial charge < -0.3 is 0 Å². The number of hydrogen-bond acceptors (Lipinski definition) is 12. The lowest BCUT2D eigenvalue weighted by Crippen LogP contribution is -2.01. The van der Waals surface area contributed by atoms with Crippen LogP contribution in [0.25, 0.3) is 259 Å². The number of nitrogens with zero attached hydrogens (tertiary/aromatic N) is 12. The average Bonchev–Trinajstić information content (AvgIpc) is 0.789. The molecule has 0 fully saturated rings. The lowest BCUT2D eigenvalue weighted by molar-refractivity contribution is 1.07. The van der Waals surface area contributed by atoms with Crippen molar-refractivity contribution >= 4 is 0 Å². The van der Waals surface area contributed by atoms with Crippen LogP contribution in [0.15, 0.2) is 558 Å². The first-order chi connectivity index (χ1) is 74.2. The Morgan fingerprint density at radius 1 is 0.0600 bits per heavy atom. The van der Waals surface area contributed by atoms with Gasteiger partial charge in [0.1, 0.15) is 0 Å². The summed E-state index contributed by atoms with van der Waals surface area (Å²) in [5.74, 6) is 7.13. The van der Waals surface area contributed by atoms with Crippen LogP contribution in [0.5, 0.6) is 0 Å². The molecule has 0 amide bonds. The van der Waals surface area contributed by atoms with E-state index < -0.39 is 0 Å². The van der Waals surface area contributed by atoms with Crippen molar-refractivity contribution in [1.82, 2.24) is 59.8 Å². The minimum Gasteiger partial charge on any atom is -0.208 e. The summed E-state index contributed by atoms with van der Waals surface area (Å²) in [6.45, 7) is 0. The molecule has 25 aromatic rings. The smallest absolute Gasteiger partial charge is 0.164 e. The minimum atomic E-state index is 0.577. The molecule has 0 aliphatic heterocycles. The highest BCUT2D eigenvalue weighted by atomic mass is 15.1. The zero-order chi connectivity index (χ0) is 100. The second-order valence-corrected chi connectivity index (χ2v) is 36.7. The van der Waals surface area contributed by atoms with E-state index in [-0.39, 0.29) is 0 Å². The molecule has 0 bridgehead atoms. The van der Waals surface area contributed by atoms with E-state index in [1.807, 2.05) is 48.5 Å². The Hall–Kier alpha value is -20.3. The van der Waals surface area contributed by atoms with Crippen molar-refractivity contribution in [2.75, 3.05) is 0 Å². The summed E-state index contributed by atoms with van der Waals surface area (Å²) in [6.07, 6.45) is 0. The van der Waals surface area contributed by atoms with E-state index in [2.05, 4.69) is 510 Å². The normalized spacial score (nSPS) is 11.1. The Bertz CT molecular complexity index is 8580. The maximum Gasteiger partial charge on any atom is 0.164 e. The van der Waals surface area contributed by atoms with Crippen LogP contribution in [-0.2, 0) is 0 Å². The second-order valence-electron chi connectivity index (χ2n) is 36.7. The number of aromatic nitrogens is 12. The zero-order valence-electron chi connectivity index (χ0n) is 81.5. The zero-order valence-corrected chi connectivity index (χ0v) is 81.5.